The molecule has 23 heavy (non-hydrogen) atoms. The zero-order valence-electron chi connectivity index (χ0n) is 11.9. The lowest BCUT2D eigenvalue weighted by atomic mass is 10.0. The lowest BCUT2D eigenvalue weighted by molar-refractivity contribution is -0.119. The van der Waals surface area contributed by atoms with E-state index < -0.39 is 17.9 Å². The topological polar surface area (TPSA) is 72.2 Å². The third-order valence-corrected chi connectivity index (χ3v) is 4.54. The molecule has 0 bridgehead atoms. The summed E-state index contributed by atoms with van der Waals surface area (Å²) in [7, 11) is 0. The van der Waals surface area contributed by atoms with Gasteiger partial charge < -0.3 is 11.1 Å². The van der Waals surface area contributed by atoms with Crippen LogP contribution in [0.1, 0.15) is 15.9 Å². The highest BCUT2D eigenvalue weighted by Gasteiger charge is 2.21. The predicted octanol–water partition coefficient (Wildman–Crippen LogP) is 3.58. The van der Waals surface area contributed by atoms with Crippen LogP contribution in [0.5, 0.6) is 0 Å². The molecule has 0 saturated heterocycles. The van der Waals surface area contributed by atoms with Crippen LogP contribution in [0.4, 0.5) is 0 Å². The molecule has 1 atom stereocenters. The van der Waals surface area contributed by atoms with Crippen molar-refractivity contribution < 1.29 is 9.59 Å². The first-order chi connectivity index (χ1) is 10.9. The van der Waals surface area contributed by atoms with E-state index in [0.717, 1.165) is 10.0 Å². The van der Waals surface area contributed by atoms with Crippen LogP contribution in [-0.2, 0) is 11.2 Å². The van der Waals surface area contributed by atoms with E-state index in [4.69, 9.17) is 28.9 Å². The van der Waals surface area contributed by atoms with E-state index in [-0.39, 0.29) is 12.0 Å². The van der Waals surface area contributed by atoms with Gasteiger partial charge in [-0.15, -0.1) is 0 Å². The van der Waals surface area contributed by atoms with Crippen LogP contribution >= 0.6 is 39.1 Å². The van der Waals surface area contributed by atoms with Crippen molar-refractivity contribution >= 4 is 50.9 Å². The third kappa shape index (κ3) is 4.70. The van der Waals surface area contributed by atoms with E-state index in [0.29, 0.717) is 10.0 Å². The molecule has 0 aliphatic carbocycles. The molecule has 7 heteroatoms. The molecule has 0 heterocycles. The molecular formula is C16H13BrCl2N2O2. The van der Waals surface area contributed by atoms with Gasteiger partial charge in [0, 0.05) is 15.9 Å². The van der Waals surface area contributed by atoms with Gasteiger partial charge in [0.15, 0.2) is 0 Å². The maximum atomic E-state index is 12.3. The summed E-state index contributed by atoms with van der Waals surface area (Å²) < 4.78 is 0.778. The summed E-state index contributed by atoms with van der Waals surface area (Å²) in [5.74, 6) is -1.10. The van der Waals surface area contributed by atoms with Gasteiger partial charge >= 0.3 is 0 Å². The van der Waals surface area contributed by atoms with Gasteiger partial charge in [0.05, 0.1) is 10.6 Å². The zero-order chi connectivity index (χ0) is 17.0. The highest BCUT2D eigenvalue weighted by atomic mass is 79.9. The fraction of sp³-hybridized carbons (Fsp3) is 0.125. The Hall–Kier alpha value is -1.56. The molecule has 0 aliphatic rings. The summed E-state index contributed by atoms with van der Waals surface area (Å²) in [6, 6.07) is 10.9. The second-order valence-corrected chi connectivity index (χ2v) is 6.55. The first kappa shape index (κ1) is 17.8. The Labute approximate surface area is 152 Å². The molecule has 2 aromatic carbocycles. The van der Waals surface area contributed by atoms with Crippen molar-refractivity contribution in [3.63, 3.8) is 0 Å². The Morgan fingerprint density at radius 1 is 1.17 bits per heavy atom. The number of halogens is 3. The van der Waals surface area contributed by atoms with Gasteiger partial charge in [-0.3, -0.25) is 9.59 Å². The standard InChI is InChI=1S/C16H13BrCl2N2O2/c17-12-6-5-10(18)7-9(12)8-14(15(20)22)21-16(23)11-3-1-2-4-13(11)19/h1-7,14H,8H2,(H2,20,22)(H,21,23)/t14-/m1/s1. The summed E-state index contributed by atoms with van der Waals surface area (Å²) in [4.78, 5) is 24.0. The van der Waals surface area contributed by atoms with Gasteiger partial charge in [0.25, 0.3) is 5.91 Å². The maximum Gasteiger partial charge on any atom is 0.253 e. The fourth-order valence-electron chi connectivity index (χ4n) is 2.02. The fourth-order valence-corrected chi connectivity index (χ4v) is 2.85. The van der Waals surface area contributed by atoms with Crippen LogP contribution in [0.2, 0.25) is 10.0 Å². The molecule has 2 rings (SSSR count). The van der Waals surface area contributed by atoms with Crippen LogP contribution < -0.4 is 11.1 Å². The van der Waals surface area contributed by atoms with Crippen LogP contribution in [0.3, 0.4) is 0 Å². The molecular weight excluding hydrogens is 403 g/mol. The number of rotatable bonds is 5. The Morgan fingerprint density at radius 2 is 1.87 bits per heavy atom. The molecule has 0 unspecified atom stereocenters. The maximum absolute atomic E-state index is 12.3. The van der Waals surface area contributed by atoms with E-state index in [1.807, 2.05) is 0 Å². The van der Waals surface area contributed by atoms with Gasteiger partial charge in [-0.1, -0.05) is 51.3 Å². The molecule has 2 amide bonds. The smallest absolute Gasteiger partial charge is 0.253 e. The number of amides is 2. The molecule has 0 saturated carbocycles. The monoisotopic (exact) mass is 414 g/mol. The Morgan fingerprint density at radius 3 is 2.52 bits per heavy atom. The van der Waals surface area contributed by atoms with Crippen LogP contribution in [0.25, 0.3) is 0 Å². The first-order valence-corrected chi connectivity index (χ1v) is 8.22. The average Bonchev–Trinajstić information content (AvgIpc) is 2.50. The van der Waals surface area contributed by atoms with Gasteiger partial charge in [-0.2, -0.15) is 0 Å². The largest absolute Gasteiger partial charge is 0.368 e. The minimum atomic E-state index is -0.881. The first-order valence-electron chi connectivity index (χ1n) is 6.67. The molecule has 120 valence electrons. The van der Waals surface area contributed by atoms with Crippen molar-refractivity contribution in [3.8, 4) is 0 Å². The normalized spacial score (nSPS) is 11.8. The number of carbonyl (C=O) groups is 2. The highest BCUT2D eigenvalue weighted by molar-refractivity contribution is 9.10. The Bertz CT molecular complexity index is 753. The lowest BCUT2D eigenvalue weighted by Crippen LogP contribution is -2.46. The van der Waals surface area contributed by atoms with Gasteiger partial charge in [0.1, 0.15) is 6.04 Å². The summed E-state index contributed by atoms with van der Waals surface area (Å²) in [5, 5.41) is 3.44. The van der Waals surface area contributed by atoms with Crippen LogP contribution in [0, 0.1) is 0 Å². The van der Waals surface area contributed by atoms with Gasteiger partial charge in [-0.25, -0.2) is 0 Å². The highest BCUT2D eigenvalue weighted by Crippen LogP contribution is 2.23. The molecule has 4 nitrogen and oxygen atoms in total. The SMILES string of the molecule is NC(=O)[C@@H](Cc1cc(Cl)ccc1Br)NC(=O)c1ccccc1Cl. The number of nitrogens with one attached hydrogen (secondary N) is 1. The number of benzene rings is 2. The summed E-state index contributed by atoms with van der Waals surface area (Å²) >= 11 is 15.3. The quantitative estimate of drug-likeness (QED) is 0.783. The molecule has 3 N–H and O–H groups in total. The summed E-state index contributed by atoms with van der Waals surface area (Å²) in [5.41, 5.74) is 6.45. The minimum absolute atomic E-state index is 0.215. The number of hydrogen-bond donors (Lipinski definition) is 2. The van der Waals surface area contributed by atoms with Crippen LogP contribution in [-0.4, -0.2) is 17.9 Å². The van der Waals surface area contributed by atoms with E-state index in [2.05, 4.69) is 21.2 Å². The van der Waals surface area contributed by atoms with Gasteiger partial charge in [0.2, 0.25) is 5.91 Å². The van der Waals surface area contributed by atoms with E-state index in [1.165, 1.54) is 0 Å². The second-order valence-electron chi connectivity index (χ2n) is 4.85. The number of primary amides is 1. The predicted molar refractivity (Wildman–Crippen MR) is 94.8 cm³/mol. The van der Waals surface area contributed by atoms with E-state index >= 15 is 0 Å². The van der Waals surface area contributed by atoms with Gasteiger partial charge in [-0.05, 0) is 35.9 Å². The van der Waals surface area contributed by atoms with Crippen molar-refractivity contribution in [1.29, 1.82) is 0 Å². The lowest BCUT2D eigenvalue weighted by Gasteiger charge is -2.17. The molecule has 0 fully saturated rings. The van der Waals surface area contributed by atoms with Crippen molar-refractivity contribution in [2.45, 2.75) is 12.5 Å². The molecule has 2 aromatic rings. The summed E-state index contributed by atoms with van der Waals surface area (Å²) in [6.07, 6.45) is 0.215. The van der Waals surface area contributed by atoms with E-state index in [9.17, 15) is 9.59 Å². The van der Waals surface area contributed by atoms with Crippen molar-refractivity contribution in [1.82, 2.24) is 5.32 Å². The Kier molecular flexibility index (Phi) is 6.04. The number of nitrogens with two attached hydrogens (primary N) is 1. The molecule has 0 spiro atoms. The van der Waals surface area contributed by atoms with Crippen molar-refractivity contribution in [2.24, 2.45) is 5.73 Å². The number of carbonyl (C=O) groups excluding carboxylic acids is 2. The minimum Gasteiger partial charge on any atom is -0.368 e. The summed E-state index contributed by atoms with van der Waals surface area (Å²) in [6.45, 7) is 0. The van der Waals surface area contributed by atoms with Crippen LogP contribution in [0.15, 0.2) is 46.9 Å². The Balaban J connectivity index is 2.19. The van der Waals surface area contributed by atoms with Crippen molar-refractivity contribution in [3.05, 3.63) is 68.1 Å². The van der Waals surface area contributed by atoms with E-state index in [1.54, 1.807) is 42.5 Å². The average molecular weight is 416 g/mol. The third-order valence-electron chi connectivity index (χ3n) is 3.20. The molecule has 0 aliphatic heterocycles. The molecule has 0 aromatic heterocycles. The zero-order valence-corrected chi connectivity index (χ0v) is 15.0. The second kappa shape index (κ2) is 7.81. The van der Waals surface area contributed by atoms with Crippen molar-refractivity contribution in [2.75, 3.05) is 0 Å². The molecule has 0 radical (unpaired) electrons. The number of hydrogen-bond acceptors (Lipinski definition) is 2.